The maximum absolute atomic E-state index is 13.4. The molecule has 4 fully saturated rings. The van der Waals surface area contributed by atoms with Gasteiger partial charge < -0.3 is 15.8 Å². The predicted molar refractivity (Wildman–Crippen MR) is 106 cm³/mol. The summed E-state index contributed by atoms with van der Waals surface area (Å²) in [5, 5.41) is 9.46. The number of alkyl halides is 4. The molecule has 168 valence electrons. The van der Waals surface area contributed by atoms with Crippen molar-refractivity contribution in [2.75, 3.05) is 39.3 Å². The number of likely N-dealkylation sites (tertiary alicyclic amines) is 1. The Kier molecular flexibility index (Phi) is 6.95. The molecule has 3 aliphatic heterocycles. The summed E-state index contributed by atoms with van der Waals surface area (Å²) in [5.74, 6) is -1.07. The Hall–Kier alpha value is -0.160. The number of halogens is 4. The first-order chi connectivity index (χ1) is 13.8. The molecule has 4 rings (SSSR count). The van der Waals surface area contributed by atoms with Crippen molar-refractivity contribution in [3.8, 4) is 0 Å². The molecule has 7 atom stereocenters. The number of nitrogens with two attached hydrogens (primary N) is 1. The molecule has 10 heteroatoms. The molecule has 29 heavy (non-hydrogen) atoms. The quantitative estimate of drug-likeness (QED) is 0.480. The van der Waals surface area contributed by atoms with Gasteiger partial charge in [-0.2, -0.15) is 13.2 Å². The minimum absolute atomic E-state index is 0.00328. The molecule has 0 aromatic rings. The highest BCUT2D eigenvalue weighted by atomic mass is 35.5. The van der Waals surface area contributed by atoms with E-state index >= 15 is 0 Å². The monoisotopic (exact) mass is 439 g/mol. The van der Waals surface area contributed by atoms with E-state index in [2.05, 4.69) is 20.9 Å². The summed E-state index contributed by atoms with van der Waals surface area (Å²) in [4.78, 5) is 2.37. The third-order valence-electron chi connectivity index (χ3n) is 7.10. The highest BCUT2D eigenvalue weighted by Crippen LogP contribution is 2.43. The van der Waals surface area contributed by atoms with Crippen LogP contribution < -0.4 is 21.7 Å². The van der Waals surface area contributed by atoms with Crippen LogP contribution in [-0.2, 0) is 4.74 Å². The molecular formula is C19H33ClF3N5O. The van der Waals surface area contributed by atoms with Gasteiger partial charge in [0, 0.05) is 38.1 Å². The van der Waals surface area contributed by atoms with Crippen LogP contribution in [0.1, 0.15) is 25.7 Å². The molecule has 1 aliphatic carbocycles. The van der Waals surface area contributed by atoms with Crippen molar-refractivity contribution >= 4 is 11.6 Å². The number of nitrogens with one attached hydrogen (secondary N) is 3. The molecule has 0 amide bonds. The molecule has 5 N–H and O–H groups in total. The second-order valence-corrected chi connectivity index (χ2v) is 9.64. The SMILES string of the molecule is NCC1CCN(C2NC(C3CCC(Cl)C(C(F)(F)F)C3)NCC2OC2CNC2)C1. The van der Waals surface area contributed by atoms with E-state index in [0.29, 0.717) is 31.8 Å². The lowest BCUT2D eigenvalue weighted by atomic mass is 9.78. The molecule has 6 nitrogen and oxygen atoms in total. The number of hydrogen-bond donors (Lipinski definition) is 4. The standard InChI is InChI=1S/C19H33ClF3N5O/c20-15-2-1-12(5-14(15)19(21,22)23)17-26-9-16(29-13-7-25-8-13)18(27-17)28-4-3-11(6-24)10-28/h11-18,25-27H,1-10,24H2. The fourth-order valence-corrected chi connectivity index (χ4v) is 5.56. The van der Waals surface area contributed by atoms with Gasteiger partial charge >= 0.3 is 6.18 Å². The first-order valence-electron chi connectivity index (χ1n) is 10.9. The Morgan fingerprint density at radius 3 is 2.55 bits per heavy atom. The Morgan fingerprint density at radius 2 is 1.93 bits per heavy atom. The molecule has 0 aromatic carbocycles. The van der Waals surface area contributed by atoms with Crippen LogP contribution in [0.25, 0.3) is 0 Å². The third-order valence-corrected chi connectivity index (χ3v) is 7.62. The zero-order chi connectivity index (χ0) is 20.6. The van der Waals surface area contributed by atoms with Crippen molar-refractivity contribution in [1.82, 2.24) is 20.9 Å². The van der Waals surface area contributed by atoms with E-state index in [1.54, 1.807) is 0 Å². The van der Waals surface area contributed by atoms with Gasteiger partial charge in [-0.05, 0) is 44.1 Å². The van der Waals surface area contributed by atoms with Crippen LogP contribution >= 0.6 is 11.6 Å². The summed E-state index contributed by atoms with van der Waals surface area (Å²) < 4.78 is 46.5. The summed E-state index contributed by atoms with van der Waals surface area (Å²) >= 11 is 6.03. The van der Waals surface area contributed by atoms with E-state index in [4.69, 9.17) is 22.1 Å². The molecule has 4 aliphatic rings. The molecule has 3 heterocycles. The van der Waals surface area contributed by atoms with Gasteiger partial charge in [-0.3, -0.25) is 15.5 Å². The highest BCUT2D eigenvalue weighted by molar-refractivity contribution is 6.20. The van der Waals surface area contributed by atoms with Crippen LogP contribution in [0.4, 0.5) is 13.2 Å². The molecule has 0 bridgehead atoms. The van der Waals surface area contributed by atoms with Crippen LogP contribution in [0.2, 0.25) is 0 Å². The van der Waals surface area contributed by atoms with Crippen molar-refractivity contribution in [2.24, 2.45) is 23.5 Å². The number of ether oxygens (including phenoxy) is 1. The minimum Gasteiger partial charge on any atom is -0.368 e. The molecular weight excluding hydrogens is 407 g/mol. The van der Waals surface area contributed by atoms with Crippen LogP contribution in [0.15, 0.2) is 0 Å². The van der Waals surface area contributed by atoms with Crippen molar-refractivity contribution in [3.63, 3.8) is 0 Å². The second kappa shape index (κ2) is 9.14. The zero-order valence-electron chi connectivity index (χ0n) is 16.6. The number of nitrogens with zero attached hydrogens (tertiary/aromatic N) is 1. The lowest BCUT2D eigenvalue weighted by Crippen LogP contribution is -2.70. The molecule has 1 saturated carbocycles. The van der Waals surface area contributed by atoms with Crippen LogP contribution in [0.3, 0.4) is 0 Å². The van der Waals surface area contributed by atoms with Crippen molar-refractivity contribution in [1.29, 1.82) is 0 Å². The molecule has 0 radical (unpaired) electrons. The van der Waals surface area contributed by atoms with E-state index in [-0.39, 0.29) is 36.9 Å². The lowest BCUT2D eigenvalue weighted by molar-refractivity contribution is -0.186. The summed E-state index contributed by atoms with van der Waals surface area (Å²) in [5.41, 5.74) is 5.87. The topological polar surface area (TPSA) is 74.6 Å². The van der Waals surface area contributed by atoms with Crippen LogP contribution in [0.5, 0.6) is 0 Å². The lowest BCUT2D eigenvalue weighted by Gasteiger charge is -2.48. The van der Waals surface area contributed by atoms with E-state index in [9.17, 15) is 13.2 Å². The van der Waals surface area contributed by atoms with Gasteiger partial charge in [0.2, 0.25) is 0 Å². The first-order valence-corrected chi connectivity index (χ1v) is 11.3. The molecule has 3 saturated heterocycles. The molecule has 0 aromatic heterocycles. The van der Waals surface area contributed by atoms with E-state index in [1.807, 2.05) is 0 Å². The zero-order valence-corrected chi connectivity index (χ0v) is 17.4. The Balaban J connectivity index is 1.43. The van der Waals surface area contributed by atoms with Gasteiger partial charge in [0.05, 0.1) is 30.5 Å². The van der Waals surface area contributed by atoms with Gasteiger partial charge in [-0.15, -0.1) is 11.6 Å². The van der Waals surface area contributed by atoms with E-state index in [0.717, 1.165) is 32.6 Å². The number of hydrogen-bond acceptors (Lipinski definition) is 6. The average Bonchev–Trinajstić information content (AvgIpc) is 3.13. The minimum atomic E-state index is -4.24. The smallest absolute Gasteiger partial charge is 0.368 e. The summed E-state index contributed by atoms with van der Waals surface area (Å²) in [6.07, 6.45) is -2.02. The van der Waals surface area contributed by atoms with Gasteiger partial charge in [0.25, 0.3) is 0 Å². The van der Waals surface area contributed by atoms with Crippen molar-refractivity contribution < 1.29 is 17.9 Å². The third kappa shape index (κ3) is 5.02. The van der Waals surface area contributed by atoms with E-state index in [1.165, 1.54) is 0 Å². The summed E-state index contributed by atoms with van der Waals surface area (Å²) in [6, 6.07) is 0. The van der Waals surface area contributed by atoms with Crippen LogP contribution in [-0.4, -0.2) is 80.3 Å². The Morgan fingerprint density at radius 1 is 1.14 bits per heavy atom. The second-order valence-electron chi connectivity index (χ2n) is 9.07. The predicted octanol–water partition coefficient (Wildman–Crippen LogP) is 1.06. The average molecular weight is 440 g/mol. The molecule has 0 spiro atoms. The van der Waals surface area contributed by atoms with Gasteiger partial charge in [0.1, 0.15) is 0 Å². The molecule has 7 unspecified atom stereocenters. The highest BCUT2D eigenvalue weighted by Gasteiger charge is 2.49. The van der Waals surface area contributed by atoms with Crippen LogP contribution in [0, 0.1) is 17.8 Å². The largest absolute Gasteiger partial charge is 0.393 e. The van der Waals surface area contributed by atoms with Gasteiger partial charge in [-0.1, -0.05) is 0 Å². The normalized spacial score (nSPS) is 42.7. The maximum atomic E-state index is 13.4. The maximum Gasteiger partial charge on any atom is 0.393 e. The van der Waals surface area contributed by atoms with Gasteiger partial charge in [-0.25, -0.2) is 0 Å². The fourth-order valence-electron chi connectivity index (χ4n) is 5.19. The summed E-state index contributed by atoms with van der Waals surface area (Å²) in [7, 11) is 0. The Labute approximate surface area is 175 Å². The number of rotatable bonds is 5. The van der Waals surface area contributed by atoms with Crippen molar-refractivity contribution in [2.45, 2.75) is 61.8 Å². The summed E-state index contributed by atoms with van der Waals surface area (Å²) in [6.45, 7) is 4.85. The first kappa shape index (κ1) is 22.0. The Bertz CT molecular complexity index is 552. The van der Waals surface area contributed by atoms with Gasteiger partial charge in [0.15, 0.2) is 0 Å². The fraction of sp³-hybridized carbons (Fsp3) is 1.00. The van der Waals surface area contributed by atoms with Crippen molar-refractivity contribution in [3.05, 3.63) is 0 Å². The van der Waals surface area contributed by atoms with E-state index < -0.39 is 17.5 Å².